The lowest BCUT2D eigenvalue weighted by molar-refractivity contribution is 0.292. The van der Waals surface area contributed by atoms with E-state index in [9.17, 15) is 10.2 Å². The minimum Gasteiger partial charge on any atom is -0.494 e. The summed E-state index contributed by atoms with van der Waals surface area (Å²) < 4.78 is 9.20. The zero-order chi connectivity index (χ0) is 17.4. The largest absolute Gasteiger partial charge is 0.494 e. The third kappa shape index (κ3) is 2.67. The van der Waals surface area contributed by atoms with Crippen LogP contribution in [0.15, 0.2) is 60.7 Å². The van der Waals surface area contributed by atoms with Crippen molar-refractivity contribution in [3.8, 4) is 23.2 Å². The Kier molecular flexibility index (Phi) is 3.57. The highest BCUT2D eigenvalue weighted by Crippen LogP contribution is 2.28. The van der Waals surface area contributed by atoms with Crippen LogP contribution in [-0.4, -0.2) is 24.3 Å². The van der Waals surface area contributed by atoms with Gasteiger partial charge in [0.25, 0.3) is 0 Å². The molecule has 0 saturated heterocycles. The zero-order valence-electron chi connectivity index (χ0n) is 13.6. The third-order valence-corrected chi connectivity index (χ3v) is 4.16. The number of rotatable bonds is 4. The van der Waals surface area contributed by atoms with E-state index in [1.165, 1.54) is 16.7 Å². The van der Waals surface area contributed by atoms with Crippen molar-refractivity contribution in [3.63, 3.8) is 0 Å². The van der Waals surface area contributed by atoms with Crippen molar-refractivity contribution in [3.05, 3.63) is 66.5 Å². The summed E-state index contributed by atoms with van der Waals surface area (Å²) in [6.45, 7) is 0.318. The fraction of sp³-hybridized carbons (Fsp3) is 0.105. The van der Waals surface area contributed by atoms with E-state index in [1.54, 1.807) is 18.2 Å². The normalized spacial score (nSPS) is 11.1. The number of nitrogens with zero attached hydrogens (tertiary/aromatic N) is 3. The molecule has 6 heteroatoms. The molecule has 0 fully saturated rings. The van der Waals surface area contributed by atoms with E-state index in [1.807, 2.05) is 41.9 Å². The van der Waals surface area contributed by atoms with Crippen molar-refractivity contribution in [1.29, 1.82) is 0 Å². The van der Waals surface area contributed by atoms with E-state index in [4.69, 9.17) is 4.74 Å². The molecule has 2 aromatic carbocycles. The van der Waals surface area contributed by atoms with Gasteiger partial charge < -0.3 is 19.5 Å². The second-order valence-electron chi connectivity index (χ2n) is 5.75. The van der Waals surface area contributed by atoms with Crippen LogP contribution in [0, 0.1) is 0 Å². The van der Waals surface area contributed by atoms with Gasteiger partial charge in [-0.25, -0.2) is 4.98 Å². The minimum atomic E-state index is -0.0370. The van der Waals surface area contributed by atoms with Crippen molar-refractivity contribution in [2.45, 2.75) is 6.61 Å². The number of aryl methyl sites for hydroxylation is 1. The molecule has 0 amide bonds. The van der Waals surface area contributed by atoms with Crippen LogP contribution >= 0.6 is 0 Å². The second-order valence-corrected chi connectivity index (χ2v) is 5.75. The predicted octanol–water partition coefficient (Wildman–Crippen LogP) is 3.35. The number of ether oxygens (including phenoxy) is 1. The standard InChI is InChI=1S/C19H17N3O3/c1-21-16-8-3-2-7-15(16)20-17(21)12-25-14-6-4-5-13(11-14)22-18(23)9-10-19(22)24/h2-11,23-24H,12H2,1H3. The minimum absolute atomic E-state index is 0.0370. The molecule has 2 heterocycles. The molecule has 2 aromatic heterocycles. The molecule has 0 unspecified atom stereocenters. The number of benzene rings is 2. The summed E-state index contributed by atoms with van der Waals surface area (Å²) in [6, 6.07) is 17.9. The molecule has 0 radical (unpaired) electrons. The van der Waals surface area contributed by atoms with Crippen molar-refractivity contribution >= 4 is 11.0 Å². The fourth-order valence-corrected chi connectivity index (χ4v) is 2.86. The van der Waals surface area contributed by atoms with Gasteiger partial charge in [0, 0.05) is 25.2 Å². The van der Waals surface area contributed by atoms with Gasteiger partial charge in [-0.15, -0.1) is 0 Å². The Hall–Kier alpha value is -3.41. The maximum atomic E-state index is 9.85. The molecule has 4 aromatic rings. The Labute approximate surface area is 144 Å². The molecule has 0 aliphatic rings. The number of para-hydroxylation sites is 2. The van der Waals surface area contributed by atoms with Crippen molar-refractivity contribution in [2.24, 2.45) is 7.05 Å². The molecule has 25 heavy (non-hydrogen) atoms. The smallest absolute Gasteiger partial charge is 0.198 e. The molecule has 0 saturated carbocycles. The van der Waals surface area contributed by atoms with Crippen LogP contribution in [0.2, 0.25) is 0 Å². The summed E-state index contributed by atoms with van der Waals surface area (Å²) in [5.41, 5.74) is 2.60. The third-order valence-electron chi connectivity index (χ3n) is 4.16. The summed E-state index contributed by atoms with van der Waals surface area (Å²) in [5.74, 6) is 1.37. The summed E-state index contributed by atoms with van der Waals surface area (Å²) in [5, 5.41) is 19.7. The summed E-state index contributed by atoms with van der Waals surface area (Å²) in [7, 11) is 1.96. The lowest BCUT2D eigenvalue weighted by atomic mass is 10.3. The molecule has 0 bridgehead atoms. The van der Waals surface area contributed by atoms with E-state index >= 15 is 0 Å². The molecule has 0 spiro atoms. The molecule has 6 nitrogen and oxygen atoms in total. The first-order chi connectivity index (χ1) is 12.1. The van der Waals surface area contributed by atoms with Gasteiger partial charge in [-0.1, -0.05) is 18.2 Å². The van der Waals surface area contributed by atoms with Gasteiger partial charge in [0.2, 0.25) is 0 Å². The number of imidazole rings is 1. The van der Waals surface area contributed by atoms with Gasteiger partial charge in [0.15, 0.2) is 11.8 Å². The fourth-order valence-electron chi connectivity index (χ4n) is 2.86. The van der Waals surface area contributed by atoms with Crippen LogP contribution in [-0.2, 0) is 13.7 Å². The molecular weight excluding hydrogens is 318 g/mol. The molecule has 0 aliphatic carbocycles. The van der Waals surface area contributed by atoms with E-state index in [0.717, 1.165) is 16.9 Å². The van der Waals surface area contributed by atoms with Crippen LogP contribution < -0.4 is 4.74 Å². The van der Waals surface area contributed by atoms with Crippen molar-refractivity contribution < 1.29 is 14.9 Å². The van der Waals surface area contributed by atoms with Crippen LogP contribution in [0.1, 0.15) is 5.82 Å². The number of aromatic nitrogens is 3. The zero-order valence-corrected chi connectivity index (χ0v) is 13.6. The average Bonchev–Trinajstić information content (AvgIpc) is 3.13. The Morgan fingerprint density at radius 1 is 0.960 bits per heavy atom. The first-order valence-electron chi connectivity index (χ1n) is 7.87. The van der Waals surface area contributed by atoms with Crippen LogP contribution in [0.25, 0.3) is 16.7 Å². The van der Waals surface area contributed by atoms with Gasteiger partial charge in [-0.3, -0.25) is 4.57 Å². The second kappa shape index (κ2) is 5.90. The molecule has 4 rings (SSSR count). The lowest BCUT2D eigenvalue weighted by Crippen LogP contribution is -2.03. The topological polar surface area (TPSA) is 72.4 Å². The summed E-state index contributed by atoms with van der Waals surface area (Å²) >= 11 is 0. The van der Waals surface area contributed by atoms with E-state index in [-0.39, 0.29) is 11.8 Å². The van der Waals surface area contributed by atoms with Gasteiger partial charge >= 0.3 is 0 Å². The van der Waals surface area contributed by atoms with Crippen molar-refractivity contribution in [1.82, 2.24) is 14.1 Å². The quantitative estimate of drug-likeness (QED) is 0.600. The summed E-state index contributed by atoms with van der Waals surface area (Å²) in [4.78, 5) is 4.58. The highest BCUT2D eigenvalue weighted by molar-refractivity contribution is 5.75. The molecule has 2 N–H and O–H groups in total. The van der Waals surface area contributed by atoms with E-state index in [0.29, 0.717) is 18.0 Å². The Morgan fingerprint density at radius 3 is 2.48 bits per heavy atom. The Balaban J connectivity index is 1.59. The monoisotopic (exact) mass is 335 g/mol. The molecule has 0 atom stereocenters. The highest BCUT2D eigenvalue weighted by Gasteiger charge is 2.10. The molecular formula is C19H17N3O3. The lowest BCUT2D eigenvalue weighted by Gasteiger charge is -2.10. The maximum absolute atomic E-state index is 9.85. The highest BCUT2D eigenvalue weighted by atomic mass is 16.5. The first-order valence-corrected chi connectivity index (χ1v) is 7.87. The first kappa shape index (κ1) is 15.1. The van der Waals surface area contributed by atoms with Crippen LogP contribution in [0.3, 0.4) is 0 Å². The average molecular weight is 335 g/mol. The number of hydrogen-bond donors (Lipinski definition) is 2. The summed E-state index contributed by atoms with van der Waals surface area (Å²) in [6.07, 6.45) is 0. The van der Waals surface area contributed by atoms with Gasteiger partial charge in [-0.2, -0.15) is 0 Å². The van der Waals surface area contributed by atoms with Gasteiger partial charge in [0.05, 0.1) is 16.7 Å². The Bertz CT molecular complexity index is 1030. The predicted molar refractivity (Wildman–Crippen MR) is 94.1 cm³/mol. The van der Waals surface area contributed by atoms with Crippen molar-refractivity contribution in [2.75, 3.05) is 0 Å². The number of fused-ring (bicyclic) bond motifs is 1. The van der Waals surface area contributed by atoms with E-state index < -0.39 is 0 Å². The molecule has 126 valence electrons. The maximum Gasteiger partial charge on any atom is 0.198 e. The van der Waals surface area contributed by atoms with Gasteiger partial charge in [0.1, 0.15) is 18.2 Å². The number of aromatic hydroxyl groups is 2. The number of hydrogen-bond acceptors (Lipinski definition) is 4. The van der Waals surface area contributed by atoms with Crippen LogP contribution in [0.4, 0.5) is 0 Å². The Morgan fingerprint density at radius 2 is 1.72 bits per heavy atom. The van der Waals surface area contributed by atoms with E-state index in [2.05, 4.69) is 4.98 Å². The molecule has 0 aliphatic heterocycles. The van der Waals surface area contributed by atoms with Crippen LogP contribution in [0.5, 0.6) is 17.5 Å². The van der Waals surface area contributed by atoms with Gasteiger partial charge in [-0.05, 0) is 24.3 Å². The SMILES string of the molecule is Cn1c(COc2cccc(-n3c(O)ccc3O)c2)nc2ccccc21.